The second-order valence-corrected chi connectivity index (χ2v) is 4.01. The van der Waals surface area contributed by atoms with Crippen molar-refractivity contribution in [3.8, 4) is 11.3 Å². The van der Waals surface area contributed by atoms with Crippen molar-refractivity contribution in [1.29, 1.82) is 0 Å². The molecule has 1 aromatic carbocycles. The quantitative estimate of drug-likeness (QED) is 0.793. The Bertz CT molecular complexity index is 510. The largest absolute Gasteiger partial charge is 0.343 e. The predicted molar refractivity (Wildman–Crippen MR) is 60.0 cm³/mol. The fourth-order valence-electron chi connectivity index (χ4n) is 1.23. The van der Waals surface area contributed by atoms with Crippen molar-refractivity contribution in [2.45, 2.75) is 0 Å². The van der Waals surface area contributed by atoms with E-state index in [0.29, 0.717) is 12.0 Å². The first kappa shape index (κ1) is 10.4. The zero-order valence-electron chi connectivity index (χ0n) is 7.41. The van der Waals surface area contributed by atoms with E-state index in [1.54, 1.807) is 0 Å². The molecule has 0 aliphatic rings. The van der Waals surface area contributed by atoms with Crippen LogP contribution in [0.25, 0.3) is 11.3 Å². The number of hydrogen-bond donors (Lipinski definition) is 0. The highest BCUT2D eigenvalue weighted by atomic mass is 79.9. The minimum Gasteiger partial charge on any atom is -0.343 e. The molecule has 15 heavy (non-hydrogen) atoms. The van der Waals surface area contributed by atoms with E-state index in [4.69, 9.17) is 16.1 Å². The number of carbonyl (C=O) groups is 1. The third-order valence-electron chi connectivity index (χ3n) is 1.93. The second-order valence-electron chi connectivity index (χ2n) is 2.82. The Morgan fingerprint density at radius 1 is 1.40 bits per heavy atom. The zero-order valence-corrected chi connectivity index (χ0v) is 9.75. The summed E-state index contributed by atoms with van der Waals surface area (Å²) in [6.45, 7) is 0. The van der Waals surface area contributed by atoms with Crippen molar-refractivity contribution in [3.63, 3.8) is 0 Å². The minimum absolute atomic E-state index is 0.00996. The fourth-order valence-corrected chi connectivity index (χ4v) is 1.87. The molecule has 0 aliphatic carbocycles. The van der Waals surface area contributed by atoms with E-state index in [0.717, 1.165) is 10.0 Å². The van der Waals surface area contributed by atoms with E-state index < -0.39 is 0 Å². The van der Waals surface area contributed by atoms with Crippen LogP contribution >= 0.6 is 27.5 Å². The monoisotopic (exact) mass is 285 g/mol. The maximum Gasteiger partial charge on any atom is 0.237 e. The number of aromatic nitrogens is 1. The summed E-state index contributed by atoms with van der Waals surface area (Å²) in [5, 5.41) is 3.76. The lowest BCUT2D eigenvalue weighted by atomic mass is 10.1. The minimum atomic E-state index is 0.00996. The summed E-state index contributed by atoms with van der Waals surface area (Å²) in [6, 6.07) is 7.39. The molecule has 0 bridgehead atoms. The van der Waals surface area contributed by atoms with Crippen molar-refractivity contribution in [2.75, 3.05) is 0 Å². The molecular weight excluding hydrogens is 281 g/mol. The van der Waals surface area contributed by atoms with E-state index in [1.807, 2.05) is 24.3 Å². The van der Waals surface area contributed by atoms with Gasteiger partial charge in [0.15, 0.2) is 6.29 Å². The SMILES string of the molecule is O=Cc1c(-c2ccccc2Br)noc1Cl. The van der Waals surface area contributed by atoms with Gasteiger partial charge in [-0.05, 0) is 17.7 Å². The second kappa shape index (κ2) is 4.16. The third kappa shape index (κ3) is 1.82. The van der Waals surface area contributed by atoms with Crippen LogP contribution in [0.4, 0.5) is 0 Å². The summed E-state index contributed by atoms with van der Waals surface area (Å²) in [7, 11) is 0. The number of halogens is 2. The van der Waals surface area contributed by atoms with Crippen LogP contribution in [-0.4, -0.2) is 11.4 Å². The van der Waals surface area contributed by atoms with Crippen molar-refractivity contribution in [3.05, 3.63) is 39.5 Å². The van der Waals surface area contributed by atoms with Gasteiger partial charge >= 0.3 is 0 Å². The zero-order chi connectivity index (χ0) is 10.8. The molecule has 2 rings (SSSR count). The van der Waals surface area contributed by atoms with Crippen LogP contribution in [0.2, 0.25) is 5.22 Å². The van der Waals surface area contributed by atoms with Crippen LogP contribution in [0.3, 0.4) is 0 Å². The van der Waals surface area contributed by atoms with Crippen LogP contribution < -0.4 is 0 Å². The predicted octanol–water partition coefficient (Wildman–Crippen LogP) is 3.57. The highest BCUT2D eigenvalue weighted by molar-refractivity contribution is 9.10. The van der Waals surface area contributed by atoms with Crippen LogP contribution in [0.1, 0.15) is 10.4 Å². The Morgan fingerprint density at radius 2 is 2.13 bits per heavy atom. The number of hydrogen-bond acceptors (Lipinski definition) is 3. The first-order valence-electron chi connectivity index (χ1n) is 4.09. The van der Waals surface area contributed by atoms with Gasteiger partial charge in [-0.15, -0.1) is 0 Å². The normalized spacial score (nSPS) is 10.3. The van der Waals surface area contributed by atoms with Gasteiger partial charge in [0.2, 0.25) is 5.22 Å². The van der Waals surface area contributed by atoms with E-state index in [9.17, 15) is 4.79 Å². The highest BCUT2D eigenvalue weighted by Crippen LogP contribution is 2.31. The average molecular weight is 287 g/mol. The summed E-state index contributed by atoms with van der Waals surface area (Å²) < 4.78 is 5.59. The van der Waals surface area contributed by atoms with E-state index in [2.05, 4.69) is 21.1 Å². The molecule has 0 saturated carbocycles. The molecule has 0 fully saturated rings. The van der Waals surface area contributed by atoms with E-state index in [1.165, 1.54) is 0 Å². The van der Waals surface area contributed by atoms with Gasteiger partial charge in [0.25, 0.3) is 0 Å². The third-order valence-corrected chi connectivity index (χ3v) is 2.89. The molecule has 0 radical (unpaired) electrons. The van der Waals surface area contributed by atoms with Gasteiger partial charge in [0.05, 0.1) is 0 Å². The van der Waals surface area contributed by atoms with Gasteiger partial charge in [0.1, 0.15) is 11.3 Å². The Labute approximate surface area is 99.2 Å². The topological polar surface area (TPSA) is 43.1 Å². The number of rotatable bonds is 2. The molecular formula is C10H5BrClNO2. The maximum atomic E-state index is 10.8. The molecule has 0 aliphatic heterocycles. The molecule has 0 amide bonds. The molecule has 0 spiro atoms. The molecule has 76 valence electrons. The number of carbonyl (C=O) groups excluding carboxylic acids is 1. The van der Waals surface area contributed by atoms with E-state index >= 15 is 0 Å². The molecule has 0 N–H and O–H groups in total. The van der Waals surface area contributed by atoms with Crippen molar-refractivity contribution < 1.29 is 9.32 Å². The van der Waals surface area contributed by atoms with Crippen molar-refractivity contribution in [2.24, 2.45) is 0 Å². The fraction of sp³-hybridized carbons (Fsp3) is 0. The molecule has 1 heterocycles. The molecule has 3 nitrogen and oxygen atoms in total. The molecule has 5 heteroatoms. The number of nitrogens with zero attached hydrogens (tertiary/aromatic N) is 1. The summed E-state index contributed by atoms with van der Waals surface area (Å²) in [5.41, 5.74) is 1.49. The van der Waals surface area contributed by atoms with Gasteiger partial charge in [-0.1, -0.05) is 39.3 Å². The molecule has 1 aromatic heterocycles. The summed E-state index contributed by atoms with van der Waals surface area (Å²) in [6.07, 6.45) is 0.633. The van der Waals surface area contributed by atoms with Crippen LogP contribution in [0, 0.1) is 0 Å². The summed E-state index contributed by atoms with van der Waals surface area (Å²) >= 11 is 9.04. The van der Waals surface area contributed by atoms with Crippen LogP contribution in [-0.2, 0) is 0 Å². The van der Waals surface area contributed by atoms with Gasteiger partial charge in [0, 0.05) is 10.0 Å². The molecule has 2 aromatic rings. The first-order valence-corrected chi connectivity index (χ1v) is 5.26. The lowest BCUT2D eigenvalue weighted by molar-refractivity contribution is 0.112. The van der Waals surface area contributed by atoms with Crippen LogP contribution in [0.5, 0.6) is 0 Å². The Hall–Kier alpha value is -1.13. The van der Waals surface area contributed by atoms with Gasteiger partial charge < -0.3 is 4.52 Å². The Kier molecular flexibility index (Phi) is 2.88. The Balaban J connectivity index is 2.64. The highest BCUT2D eigenvalue weighted by Gasteiger charge is 2.16. The van der Waals surface area contributed by atoms with Crippen molar-refractivity contribution in [1.82, 2.24) is 5.16 Å². The van der Waals surface area contributed by atoms with Crippen LogP contribution in [0.15, 0.2) is 33.3 Å². The first-order chi connectivity index (χ1) is 7.24. The number of benzene rings is 1. The van der Waals surface area contributed by atoms with Gasteiger partial charge in [-0.2, -0.15) is 0 Å². The Morgan fingerprint density at radius 3 is 2.80 bits per heavy atom. The summed E-state index contributed by atoms with van der Waals surface area (Å²) in [4.78, 5) is 10.8. The van der Waals surface area contributed by atoms with E-state index in [-0.39, 0.29) is 10.8 Å². The van der Waals surface area contributed by atoms with Crippen molar-refractivity contribution >= 4 is 33.8 Å². The molecule has 0 unspecified atom stereocenters. The smallest absolute Gasteiger partial charge is 0.237 e. The van der Waals surface area contributed by atoms with Gasteiger partial charge in [-0.3, -0.25) is 4.79 Å². The lowest BCUT2D eigenvalue weighted by Gasteiger charge is -1.99. The number of aldehydes is 1. The molecule has 0 atom stereocenters. The van der Waals surface area contributed by atoms with Gasteiger partial charge in [-0.25, -0.2) is 0 Å². The average Bonchev–Trinajstić information content (AvgIpc) is 2.60. The summed E-state index contributed by atoms with van der Waals surface area (Å²) in [5.74, 6) is 0. The molecule has 0 saturated heterocycles. The standard InChI is InChI=1S/C10H5BrClNO2/c11-8-4-2-1-3-6(8)9-7(5-14)10(12)15-13-9/h1-5H. The maximum absolute atomic E-state index is 10.8. The lowest BCUT2D eigenvalue weighted by Crippen LogP contribution is -1.85.